The van der Waals surface area contributed by atoms with Crippen molar-refractivity contribution in [2.24, 2.45) is 0 Å². The van der Waals surface area contributed by atoms with Crippen molar-refractivity contribution >= 4 is 6.09 Å². The van der Waals surface area contributed by atoms with E-state index in [0.29, 0.717) is 19.2 Å². The van der Waals surface area contributed by atoms with Gasteiger partial charge in [-0.15, -0.1) is 0 Å². The standard InChI is InChI=1S/C12H16N2O2/c1-2-16-12(15)14(11-5-6-11)9-10-4-3-7-13-8-10/h3-4,7-8,11H,2,5-6,9H2,1H3. The van der Waals surface area contributed by atoms with Gasteiger partial charge in [0.05, 0.1) is 13.2 Å². The van der Waals surface area contributed by atoms with Gasteiger partial charge in [0, 0.05) is 18.4 Å². The van der Waals surface area contributed by atoms with Crippen molar-refractivity contribution in [2.75, 3.05) is 6.61 Å². The van der Waals surface area contributed by atoms with Crippen LogP contribution < -0.4 is 0 Å². The summed E-state index contributed by atoms with van der Waals surface area (Å²) in [6, 6.07) is 4.21. The molecule has 2 rings (SSSR count). The maximum atomic E-state index is 11.7. The summed E-state index contributed by atoms with van der Waals surface area (Å²) in [5.41, 5.74) is 1.04. The number of amides is 1. The summed E-state index contributed by atoms with van der Waals surface area (Å²) >= 11 is 0. The molecule has 1 aromatic rings. The molecule has 4 heteroatoms. The van der Waals surface area contributed by atoms with E-state index >= 15 is 0 Å². The van der Waals surface area contributed by atoms with Crippen LogP contribution in [0.2, 0.25) is 0 Å². The Bertz CT molecular complexity index is 349. The summed E-state index contributed by atoms with van der Waals surface area (Å²) in [5.74, 6) is 0. The molecule has 0 N–H and O–H groups in total. The van der Waals surface area contributed by atoms with E-state index in [1.807, 2.05) is 19.1 Å². The van der Waals surface area contributed by atoms with E-state index in [9.17, 15) is 4.79 Å². The second kappa shape index (κ2) is 4.96. The summed E-state index contributed by atoms with van der Waals surface area (Å²) in [5, 5.41) is 0. The monoisotopic (exact) mass is 220 g/mol. The number of hydrogen-bond donors (Lipinski definition) is 0. The smallest absolute Gasteiger partial charge is 0.410 e. The van der Waals surface area contributed by atoms with Gasteiger partial charge in [-0.1, -0.05) is 6.07 Å². The average Bonchev–Trinajstić information content (AvgIpc) is 3.11. The summed E-state index contributed by atoms with van der Waals surface area (Å²) in [7, 11) is 0. The highest BCUT2D eigenvalue weighted by atomic mass is 16.6. The molecule has 4 nitrogen and oxygen atoms in total. The van der Waals surface area contributed by atoms with Crippen molar-refractivity contribution in [3.05, 3.63) is 30.1 Å². The summed E-state index contributed by atoms with van der Waals surface area (Å²) < 4.78 is 5.04. The number of rotatable bonds is 4. The van der Waals surface area contributed by atoms with E-state index in [1.54, 1.807) is 17.3 Å². The van der Waals surface area contributed by atoms with Crippen LogP contribution in [-0.2, 0) is 11.3 Å². The quantitative estimate of drug-likeness (QED) is 0.781. The van der Waals surface area contributed by atoms with Crippen molar-refractivity contribution in [3.8, 4) is 0 Å². The van der Waals surface area contributed by atoms with Gasteiger partial charge in [0.25, 0.3) is 0 Å². The fraction of sp³-hybridized carbons (Fsp3) is 0.500. The highest BCUT2D eigenvalue weighted by Crippen LogP contribution is 2.28. The third-order valence-corrected chi connectivity index (χ3v) is 2.57. The highest BCUT2D eigenvalue weighted by molar-refractivity contribution is 5.68. The second-order valence-electron chi connectivity index (χ2n) is 3.92. The molecule has 0 bridgehead atoms. The van der Waals surface area contributed by atoms with Crippen molar-refractivity contribution in [2.45, 2.75) is 32.4 Å². The van der Waals surface area contributed by atoms with E-state index in [-0.39, 0.29) is 6.09 Å². The van der Waals surface area contributed by atoms with Crippen LogP contribution in [0.5, 0.6) is 0 Å². The number of nitrogens with zero attached hydrogens (tertiary/aromatic N) is 2. The normalized spacial score (nSPS) is 14.6. The molecular formula is C12H16N2O2. The van der Waals surface area contributed by atoms with Gasteiger partial charge in [0.15, 0.2) is 0 Å². The molecule has 86 valence electrons. The third kappa shape index (κ3) is 2.72. The molecule has 0 radical (unpaired) electrons. The van der Waals surface area contributed by atoms with E-state index in [2.05, 4.69) is 4.98 Å². The van der Waals surface area contributed by atoms with Gasteiger partial charge in [0.1, 0.15) is 0 Å². The second-order valence-corrected chi connectivity index (χ2v) is 3.92. The van der Waals surface area contributed by atoms with Crippen molar-refractivity contribution in [1.29, 1.82) is 0 Å². The fourth-order valence-electron chi connectivity index (χ4n) is 1.62. The summed E-state index contributed by atoms with van der Waals surface area (Å²) in [6.45, 7) is 2.85. The Balaban J connectivity index is 2.00. The van der Waals surface area contributed by atoms with Gasteiger partial charge < -0.3 is 9.64 Å². The van der Waals surface area contributed by atoms with Crippen molar-refractivity contribution < 1.29 is 9.53 Å². The number of carbonyl (C=O) groups excluding carboxylic acids is 1. The van der Waals surface area contributed by atoms with Crippen molar-refractivity contribution in [1.82, 2.24) is 9.88 Å². The number of carbonyl (C=O) groups is 1. The maximum absolute atomic E-state index is 11.7. The van der Waals surface area contributed by atoms with E-state index in [1.165, 1.54) is 0 Å². The van der Waals surface area contributed by atoms with Gasteiger partial charge in [-0.3, -0.25) is 4.98 Å². The Hall–Kier alpha value is -1.58. The molecule has 16 heavy (non-hydrogen) atoms. The van der Waals surface area contributed by atoms with Crippen LogP contribution in [0.25, 0.3) is 0 Å². The molecule has 1 aliphatic rings. The Morgan fingerprint density at radius 1 is 1.62 bits per heavy atom. The molecule has 0 aliphatic heterocycles. The molecule has 1 fully saturated rings. The zero-order chi connectivity index (χ0) is 11.4. The zero-order valence-electron chi connectivity index (χ0n) is 9.43. The molecule has 0 atom stereocenters. The largest absolute Gasteiger partial charge is 0.450 e. The van der Waals surface area contributed by atoms with E-state index < -0.39 is 0 Å². The first-order valence-electron chi connectivity index (χ1n) is 5.63. The number of hydrogen-bond acceptors (Lipinski definition) is 3. The van der Waals surface area contributed by atoms with Crippen LogP contribution in [-0.4, -0.2) is 28.6 Å². The average molecular weight is 220 g/mol. The van der Waals surface area contributed by atoms with E-state index in [4.69, 9.17) is 4.74 Å². The Kier molecular flexibility index (Phi) is 3.39. The minimum Gasteiger partial charge on any atom is -0.450 e. The minimum atomic E-state index is -0.214. The molecule has 1 aromatic heterocycles. The lowest BCUT2D eigenvalue weighted by Crippen LogP contribution is -2.33. The third-order valence-electron chi connectivity index (χ3n) is 2.57. The Labute approximate surface area is 95.2 Å². The lowest BCUT2D eigenvalue weighted by molar-refractivity contribution is 0.102. The van der Waals surface area contributed by atoms with Crippen LogP contribution in [0.15, 0.2) is 24.5 Å². The molecule has 0 spiro atoms. The number of aromatic nitrogens is 1. The van der Waals surface area contributed by atoms with Crippen LogP contribution in [0.1, 0.15) is 25.3 Å². The lowest BCUT2D eigenvalue weighted by atomic mass is 10.2. The summed E-state index contributed by atoms with van der Waals surface area (Å²) in [4.78, 5) is 17.5. The number of ether oxygens (including phenoxy) is 1. The first kappa shape index (κ1) is 10.9. The Morgan fingerprint density at radius 3 is 3.00 bits per heavy atom. The molecule has 1 saturated carbocycles. The highest BCUT2D eigenvalue weighted by Gasteiger charge is 2.33. The predicted molar refractivity (Wildman–Crippen MR) is 59.8 cm³/mol. The topological polar surface area (TPSA) is 42.4 Å². The molecular weight excluding hydrogens is 204 g/mol. The molecule has 1 heterocycles. The van der Waals surface area contributed by atoms with Gasteiger partial charge in [-0.05, 0) is 31.4 Å². The van der Waals surface area contributed by atoms with Gasteiger partial charge in [-0.25, -0.2) is 4.79 Å². The van der Waals surface area contributed by atoms with Crippen LogP contribution in [0, 0.1) is 0 Å². The lowest BCUT2D eigenvalue weighted by Gasteiger charge is -2.21. The zero-order valence-corrected chi connectivity index (χ0v) is 9.43. The SMILES string of the molecule is CCOC(=O)N(Cc1cccnc1)C1CC1. The van der Waals surface area contributed by atoms with E-state index in [0.717, 1.165) is 18.4 Å². The maximum Gasteiger partial charge on any atom is 0.410 e. The van der Waals surface area contributed by atoms with Crippen LogP contribution in [0.3, 0.4) is 0 Å². The summed E-state index contributed by atoms with van der Waals surface area (Å²) in [6.07, 6.45) is 5.47. The minimum absolute atomic E-state index is 0.214. The number of pyridine rings is 1. The van der Waals surface area contributed by atoms with Gasteiger partial charge >= 0.3 is 6.09 Å². The first-order chi connectivity index (χ1) is 7.81. The van der Waals surface area contributed by atoms with Gasteiger partial charge in [-0.2, -0.15) is 0 Å². The molecule has 1 amide bonds. The Morgan fingerprint density at radius 2 is 2.44 bits per heavy atom. The predicted octanol–water partition coefficient (Wildman–Crippen LogP) is 2.20. The van der Waals surface area contributed by atoms with Crippen LogP contribution in [0.4, 0.5) is 4.79 Å². The molecule has 0 aromatic carbocycles. The van der Waals surface area contributed by atoms with Crippen LogP contribution >= 0.6 is 0 Å². The molecule has 0 unspecified atom stereocenters. The molecule has 0 saturated heterocycles. The van der Waals surface area contributed by atoms with Crippen molar-refractivity contribution in [3.63, 3.8) is 0 Å². The van der Waals surface area contributed by atoms with Gasteiger partial charge in [0.2, 0.25) is 0 Å². The fourth-order valence-corrected chi connectivity index (χ4v) is 1.62. The molecule has 1 aliphatic carbocycles. The first-order valence-corrected chi connectivity index (χ1v) is 5.63.